The minimum Gasteiger partial charge on any atom is -0.462 e. The second kappa shape index (κ2) is 13.2. The van der Waals surface area contributed by atoms with Crippen molar-refractivity contribution in [2.75, 3.05) is 0 Å². The van der Waals surface area contributed by atoms with Gasteiger partial charge in [-0.15, -0.1) is 0 Å². The lowest BCUT2D eigenvalue weighted by Gasteiger charge is -2.31. The van der Waals surface area contributed by atoms with Crippen LogP contribution in [0.4, 0.5) is 0 Å². The third-order valence-electron chi connectivity index (χ3n) is 4.46. The molecule has 0 aromatic carbocycles. The Bertz CT molecular complexity index is 568. The molecule has 30 heavy (non-hydrogen) atoms. The van der Waals surface area contributed by atoms with Gasteiger partial charge in [-0.25, -0.2) is 0 Å². The summed E-state index contributed by atoms with van der Waals surface area (Å²) >= 11 is 0. The van der Waals surface area contributed by atoms with Crippen LogP contribution in [0.2, 0.25) is 0 Å². The maximum absolute atomic E-state index is 11.7. The summed E-state index contributed by atoms with van der Waals surface area (Å²) in [6.45, 7) is 13.9. The van der Waals surface area contributed by atoms with Gasteiger partial charge in [0.15, 0.2) is 0 Å². The molecule has 0 saturated carbocycles. The summed E-state index contributed by atoms with van der Waals surface area (Å²) < 4.78 is 16.3. The largest absolute Gasteiger partial charge is 0.462 e. The smallest absolute Gasteiger partial charge is 0.302 e. The van der Waals surface area contributed by atoms with Gasteiger partial charge in [-0.1, -0.05) is 34.6 Å². The number of hydrogen-bond donors (Lipinski definition) is 1. The van der Waals surface area contributed by atoms with Crippen LogP contribution in [0.3, 0.4) is 0 Å². The first kappa shape index (κ1) is 27.9. The lowest BCUT2D eigenvalue weighted by molar-refractivity contribution is -0.158. The van der Waals surface area contributed by atoms with Gasteiger partial charge in [0.1, 0.15) is 18.3 Å². The fraction of sp³-hybridized carbons (Fsp3) is 0.818. The quantitative estimate of drug-likeness (QED) is 0.272. The molecule has 0 aromatic rings. The molecule has 4 unspecified atom stereocenters. The van der Waals surface area contributed by atoms with Crippen LogP contribution < -0.4 is 5.32 Å². The molecule has 0 aliphatic carbocycles. The standard InChI is InChI=1S/C22H39NO7/c1-14(2)21(30-17(5)27)11-20(29-16(4)26)10-19(28-15(3)25)9-18(23-13-24)12-22(6,7)8/h13-14,18-21H,9-12H2,1-8H3,(H,23,24). The molecule has 0 rings (SSSR count). The normalized spacial score (nSPS) is 15.5. The molecule has 1 N–H and O–H groups in total. The van der Waals surface area contributed by atoms with Crippen LogP contribution in [-0.2, 0) is 33.4 Å². The van der Waals surface area contributed by atoms with Crippen molar-refractivity contribution in [3.8, 4) is 0 Å². The second-order valence-corrected chi connectivity index (χ2v) is 9.31. The fourth-order valence-electron chi connectivity index (χ4n) is 3.44. The molecule has 0 aliphatic heterocycles. The average molecular weight is 430 g/mol. The predicted octanol–water partition coefficient (Wildman–Crippen LogP) is 3.16. The first-order valence-electron chi connectivity index (χ1n) is 10.4. The van der Waals surface area contributed by atoms with Gasteiger partial charge >= 0.3 is 17.9 Å². The minimum absolute atomic E-state index is 0.0181. The first-order valence-corrected chi connectivity index (χ1v) is 10.4. The lowest BCUT2D eigenvalue weighted by atomic mass is 9.85. The van der Waals surface area contributed by atoms with Crippen LogP contribution in [0.25, 0.3) is 0 Å². The SMILES string of the molecule is CC(=O)OC(CC(CC(C)(C)C)NC=O)CC(CC(OC(C)=O)C(C)C)OC(C)=O. The number of esters is 3. The number of rotatable bonds is 13. The number of hydrogen-bond acceptors (Lipinski definition) is 7. The molecule has 0 fully saturated rings. The monoisotopic (exact) mass is 429 g/mol. The van der Waals surface area contributed by atoms with E-state index in [0.717, 1.165) is 0 Å². The van der Waals surface area contributed by atoms with Gasteiger partial charge in [0.25, 0.3) is 0 Å². The Morgan fingerprint density at radius 2 is 1.30 bits per heavy atom. The Hall–Kier alpha value is -2.12. The Balaban J connectivity index is 5.50. The summed E-state index contributed by atoms with van der Waals surface area (Å²) in [6.07, 6.45) is 0.618. The van der Waals surface area contributed by atoms with E-state index in [-0.39, 0.29) is 23.8 Å². The molecule has 0 spiro atoms. The van der Waals surface area contributed by atoms with Gasteiger partial charge < -0.3 is 19.5 Å². The van der Waals surface area contributed by atoms with E-state index in [0.29, 0.717) is 25.7 Å². The van der Waals surface area contributed by atoms with Crippen molar-refractivity contribution in [1.29, 1.82) is 0 Å². The molecule has 1 amide bonds. The van der Waals surface area contributed by atoms with E-state index >= 15 is 0 Å². The summed E-state index contributed by atoms with van der Waals surface area (Å²) in [5, 5.41) is 2.79. The molecule has 4 atom stereocenters. The van der Waals surface area contributed by atoms with Gasteiger partial charge in [0.2, 0.25) is 6.41 Å². The van der Waals surface area contributed by atoms with E-state index in [2.05, 4.69) is 26.1 Å². The zero-order chi connectivity index (χ0) is 23.5. The molecule has 0 bridgehead atoms. The molecule has 174 valence electrons. The van der Waals surface area contributed by atoms with Crippen molar-refractivity contribution in [3.63, 3.8) is 0 Å². The highest BCUT2D eigenvalue weighted by Gasteiger charge is 2.30. The Morgan fingerprint density at radius 3 is 1.67 bits per heavy atom. The number of ether oxygens (including phenoxy) is 3. The molecule has 0 radical (unpaired) electrons. The molecular weight excluding hydrogens is 390 g/mol. The highest BCUT2D eigenvalue weighted by molar-refractivity contribution is 5.67. The Labute approximate surface area is 180 Å². The van der Waals surface area contributed by atoms with Crippen molar-refractivity contribution in [2.45, 2.75) is 105 Å². The van der Waals surface area contributed by atoms with Gasteiger partial charge in [-0.3, -0.25) is 19.2 Å². The summed E-state index contributed by atoms with van der Waals surface area (Å²) in [5.74, 6) is -1.32. The van der Waals surface area contributed by atoms with E-state index in [9.17, 15) is 19.2 Å². The van der Waals surface area contributed by atoms with Crippen molar-refractivity contribution in [1.82, 2.24) is 5.32 Å². The maximum atomic E-state index is 11.7. The molecule has 0 saturated heterocycles. The predicted molar refractivity (Wildman–Crippen MR) is 112 cm³/mol. The zero-order valence-electron chi connectivity index (χ0n) is 19.7. The molecule has 0 aliphatic rings. The van der Waals surface area contributed by atoms with E-state index in [1.54, 1.807) is 0 Å². The van der Waals surface area contributed by atoms with E-state index in [4.69, 9.17) is 14.2 Å². The molecular formula is C22H39NO7. The Kier molecular flexibility index (Phi) is 12.3. The zero-order valence-corrected chi connectivity index (χ0v) is 19.7. The number of carbonyl (C=O) groups excluding carboxylic acids is 4. The molecule has 0 heterocycles. The highest BCUT2D eigenvalue weighted by Crippen LogP contribution is 2.26. The second-order valence-electron chi connectivity index (χ2n) is 9.31. The van der Waals surface area contributed by atoms with Crippen molar-refractivity contribution in [3.05, 3.63) is 0 Å². The summed E-state index contributed by atoms with van der Waals surface area (Å²) in [6, 6.07) is -0.209. The van der Waals surface area contributed by atoms with Crippen LogP contribution in [0.5, 0.6) is 0 Å². The van der Waals surface area contributed by atoms with Crippen molar-refractivity contribution >= 4 is 24.3 Å². The van der Waals surface area contributed by atoms with Gasteiger partial charge in [-0.2, -0.15) is 0 Å². The van der Waals surface area contributed by atoms with Crippen molar-refractivity contribution < 1.29 is 33.4 Å². The first-order chi connectivity index (χ1) is 13.7. The van der Waals surface area contributed by atoms with E-state index < -0.39 is 36.2 Å². The Morgan fingerprint density at radius 1 is 0.833 bits per heavy atom. The van der Waals surface area contributed by atoms with Gasteiger partial charge in [0.05, 0.1) is 0 Å². The van der Waals surface area contributed by atoms with E-state index in [1.807, 2.05) is 13.8 Å². The van der Waals surface area contributed by atoms with Gasteiger partial charge in [0, 0.05) is 46.1 Å². The van der Waals surface area contributed by atoms with Crippen molar-refractivity contribution in [2.24, 2.45) is 11.3 Å². The van der Waals surface area contributed by atoms with Crippen LogP contribution in [0.1, 0.15) is 81.1 Å². The van der Waals surface area contributed by atoms with Crippen LogP contribution >= 0.6 is 0 Å². The van der Waals surface area contributed by atoms with Crippen LogP contribution in [0, 0.1) is 11.3 Å². The molecule has 8 nitrogen and oxygen atoms in total. The molecule has 8 heteroatoms. The third kappa shape index (κ3) is 14.0. The third-order valence-corrected chi connectivity index (χ3v) is 4.46. The number of carbonyl (C=O) groups is 4. The average Bonchev–Trinajstić information content (AvgIpc) is 2.50. The summed E-state index contributed by atoms with van der Waals surface area (Å²) in [4.78, 5) is 45.8. The topological polar surface area (TPSA) is 108 Å². The summed E-state index contributed by atoms with van der Waals surface area (Å²) in [7, 11) is 0. The van der Waals surface area contributed by atoms with Crippen LogP contribution in [-0.4, -0.2) is 48.7 Å². The lowest BCUT2D eigenvalue weighted by Crippen LogP contribution is -2.39. The minimum atomic E-state index is -0.606. The molecule has 0 aromatic heterocycles. The fourth-order valence-corrected chi connectivity index (χ4v) is 3.44. The maximum Gasteiger partial charge on any atom is 0.302 e. The van der Waals surface area contributed by atoms with Crippen LogP contribution in [0.15, 0.2) is 0 Å². The number of nitrogens with one attached hydrogen (secondary N) is 1. The highest BCUT2D eigenvalue weighted by atomic mass is 16.6. The van der Waals surface area contributed by atoms with E-state index in [1.165, 1.54) is 20.8 Å². The van der Waals surface area contributed by atoms with Gasteiger partial charge in [-0.05, 0) is 17.8 Å². The summed E-state index contributed by atoms with van der Waals surface area (Å²) in [5.41, 5.74) is -0.0468. The number of amides is 1.